The van der Waals surface area contributed by atoms with E-state index in [4.69, 9.17) is 11.6 Å². The molecule has 1 aromatic rings. The monoisotopic (exact) mass is 303 g/mol. The molecule has 0 aliphatic heterocycles. The summed E-state index contributed by atoms with van der Waals surface area (Å²) < 4.78 is 0. The van der Waals surface area contributed by atoms with Crippen molar-refractivity contribution < 1.29 is 0 Å². The molecule has 114 valence electrons. The summed E-state index contributed by atoms with van der Waals surface area (Å²) in [5.74, 6) is 3.80. The van der Waals surface area contributed by atoms with E-state index >= 15 is 0 Å². The standard InChI is InChI=1S/C19H26ClN/c1-12(18-11-13-2-3-16(18)10-13)21-19(14-4-5-14)15-6-8-17(20)9-7-15/h6-9,12-14,16,18-19,21H,2-5,10-11H2,1H3. The molecule has 1 N–H and O–H groups in total. The second-order valence-electron chi connectivity index (χ2n) is 7.66. The summed E-state index contributed by atoms with van der Waals surface area (Å²) in [6, 6.07) is 9.70. The van der Waals surface area contributed by atoms with Crippen LogP contribution in [0, 0.1) is 23.7 Å². The highest BCUT2D eigenvalue weighted by Crippen LogP contribution is 2.50. The fourth-order valence-electron chi connectivity index (χ4n) is 4.92. The molecule has 21 heavy (non-hydrogen) atoms. The Kier molecular flexibility index (Phi) is 3.75. The highest BCUT2D eigenvalue weighted by Gasteiger charge is 2.43. The van der Waals surface area contributed by atoms with E-state index in [9.17, 15) is 0 Å². The molecular weight excluding hydrogens is 278 g/mol. The summed E-state index contributed by atoms with van der Waals surface area (Å²) in [7, 11) is 0. The molecule has 5 atom stereocenters. The highest BCUT2D eigenvalue weighted by molar-refractivity contribution is 6.30. The van der Waals surface area contributed by atoms with Crippen LogP contribution in [0.2, 0.25) is 5.02 Å². The van der Waals surface area contributed by atoms with Crippen LogP contribution in [0.5, 0.6) is 0 Å². The van der Waals surface area contributed by atoms with E-state index in [0.717, 1.165) is 28.7 Å². The molecular formula is C19H26ClN. The van der Waals surface area contributed by atoms with E-state index in [0.29, 0.717) is 12.1 Å². The van der Waals surface area contributed by atoms with Crippen molar-refractivity contribution in [3.8, 4) is 0 Å². The second-order valence-corrected chi connectivity index (χ2v) is 8.10. The van der Waals surface area contributed by atoms with Gasteiger partial charge in [0.05, 0.1) is 0 Å². The zero-order chi connectivity index (χ0) is 14.4. The summed E-state index contributed by atoms with van der Waals surface area (Å²) >= 11 is 6.04. The summed E-state index contributed by atoms with van der Waals surface area (Å²) in [5, 5.41) is 4.84. The van der Waals surface area contributed by atoms with Crippen molar-refractivity contribution in [1.29, 1.82) is 0 Å². The minimum Gasteiger partial charge on any atom is -0.307 e. The molecule has 3 aliphatic rings. The van der Waals surface area contributed by atoms with Gasteiger partial charge in [0.1, 0.15) is 0 Å². The van der Waals surface area contributed by atoms with Crippen molar-refractivity contribution in [2.75, 3.05) is 0 Å². The number of fused-ring (bicyclic) bond motifs is 2. The average molecular weight is 304 g/mol. The number of benzene rings is 1. The third-order valence-corrected chi connectivity index (χ3v) is 6.45. The lowest BCUT2D eigenvalue weighted by Crippen LogP contribution is -2.39. The lowest BCUT2D eigenvalue weighted by atomic mass is 9.83. The van der Waals surface area contributed by atoms with Gasteiger partial charge in [0, 0.05) is 17.1 Å². The Morgan fingerprint density at radius 1 is 1.05 bits per heavy atom. The first-order valence-corrected chi connectivity index (χ1v) is 9.10. The van der Waals surface area contributed by atoms with E-state index in [2.05, 4.69) is 24.4 Å². The molecule has 1 aromatic carbocycles. The number of nitrogens with one attached hydrogen (secondary N) is 1. The van der Waals surface area contributed by atoms with Gasteiger partial charge in [0.25, 0.3) is 0 Å². The maximum atomic E-state index is 6.04. The number of rotatable bonds is 5. The molecule has 2 heteroatoms. The number of halogens is 1. The summed E-state index contributed by atoms with van der Waals surface area (Å²) in [6.07, 6.45) is 8.71. The first kappa shape index (κ1) is 14.1. The quantitative estimate of drug-likeness (QED) is 0.788. The van der Waals surface area contributed by atoms with Crippen molar-refractivity contribution in [2.45, 2.75) is 57.5 Å². The Morgan fingerprint density at radius 3 is 2.38 bits per heavy atom. The van der Waals surface area contributed by atoms with Crippen LogP contribution in [0.15, 0.2) is 24.3 Å². The van der Waals surface area contributed by atoms with Gasteiger partial charge in [0.15, 0.2) is 0 Å². The number of hydrogen-bond donors (Lipinski definition) is 1. The van der Waals surface area contributed by atoms with Crippen LogP contribution < -0.4 is 5.32 Å². The van der Waals surface area contributed by atoms with Crippen LogP contribution in [-0.2, 0) is 0 Å². The lowest BCUT2D eigenvalue weighted by molar-refractivity contribution is 0.239. The molecule has 2 bridgehead atoms. The van der Waals surface area contributed by atoms with Gasteiger partial charge in [-0.05, 0) is 80.4 Å². The normalized spacial score (nSPS) is 34.1. The maximum absolute atomic E-state index is 6.04. The summed E-state index contributed by atoms with van der Waals surface area (Å²) in [5.41, 5.74) is 1.43. The SMILES string of the molecule is CC(NC(c1ccc(Cl)cc1)C1CC1)C1CC2CCC1C2. The van der Waals surface area contributed by atoms with Crippen molar-refractivity contribution in [1.82, 2.24) is 5.32 Å². The Labute approximate surface area is 133 Å². The fourth-order valence-corrected chi connectivity index (χ4v) is 5.04. The maximum Gasteiger partial charge on any atom is 0.0406 e. The van der Waals surface area contributed by atoms with Crippen LogP contribution in [-0.4, -0.2) is 6.04 Å². The minimum absolute atomic E-state index is 0.538. The molecule has 1 nitrogen and oxygen atoms in total. The molecule has 0 aromatic heterocycles. The lowest BCUT2D eigenvalue weighted by Gasteiger charge is -2.32. The zero-order valence-electron chi connectivity index (χ0n) is 12.9. The molecule has 3 saturated carbocycles. The Balaban J connectivity index is 1.46. The Morgan fingerprint density at radius 2 is 1.81 bits per heavy atom. The topological polar surface area (TPSA) is 12.0 Å². The summed E-state index contributed by atoms with van der Waals surface area (Å²) in [4.78, 5) is 0. The van der Waals surface area contributed by atoms with Crippen LogP contribution in [0.4, 0.5) is 0 Å². The predicted octanol–water partition coefficient (Wildman–Crippen LogP) is 5.21. The Hall–Kier alpha value is -0.530. The highest BCUT2D eigenvalue weighted by atomic mass is 35.5. The van der Waals surface area contributed by atoms with Crippen LogP contribution in [0.1, 0.15) is 57.1 Å². The van der Waals surface area contributed by atoms with Crippen LogP contribution in [0.25, 0.3) is 0 Å². The molecule has 0 heterocycles. The molecule has 0 spiro atoms. The Bertz CT molecular complexity index is 493. The average Bonchev–Trinajstić information content (AvgIpc) is 3.11. The van der Waals surface area contributed by atoms with E-state index in [-0.39, 0.29) is 0 Å². The van der Waals surface area contributed by atoms with Crippen LogP contribution in [0.3, 0.4) is 0 Å². The molecule has 0 amide bonds. The van der Waals surface area contributed by atoms with Gasteiger partial charge in [0.2, 0.25) is 0 Å². The van der Waals surface area contributed by atoms with Gasteiger partial charge >= 0.3 is 0 Å². The van der Waals surface area contributed by atoms with Crippen LogP contribution >= 0.6 is 11.6 Å². The fraction of sp³-hybridized carbons (Fsp3) is 0.684. The number of hydrogen-bond acceptors (Lipinski definition) is 1. The predicted molar refractivity (Wildman–Crippen MR) is 88.5 cm³/mol. The van der Waals surface area contributed by atoms with Gasteiger partial charge in [-0.25, -0.2) is 0 Å². The third kappa shape index (κ3) is 2.87. The smallest absolute Gasteiger partial charge is 0.0406 e. The van der Waals surface area contributed by atoms with Gasteiger partial charge in [-0.3, -0.25) is 0 Å². The van der Waals surface area contributed by atoms with E-state index in [1.165, 1.54) is 44.1 Å². The molecule has 5 unspecified atom stereocenters. The van der Waals surface area contributed by atoms with E-state index < -0.39 is 0 Å². The molecule has 3 aliphatic carbocycles. The summed E-state index contributed by atoms with van der Waals surface area (Å²) in [6.45, 7) is 2.43. The van der Waals surface area contributed by atoms with Gasteiger partial charge < -0.3 is 5.32 Å². The molecule has 0 radical (unpaired) electrons. The van der Waals surface area contributed by atoms with Crippen molar-refractivity contribution >= 4 is 11.6 Å². The first-order chi connectivity index (χ1) is 10.2. The second kappa shape index (κ2) is 5.59. The van der Waals surface area contributed by atoms with E-state index in [1.54, 1.807) is 0 Å². The van der Waals surface area contributed by atoms with Crippen molar-refractivity contribution in [2.24, 2.45) is 23.7 Å². The third-order valence-electron chi connectivity index (χ3n) is 6.20. The zero-order valence-corrected chi connectivity index (χ0v) is 13.7. The largest absolute Gasteiger partial charge is 0.307 e. The van der Waals surface area contributed by atoms with Crippen molar-refractivity contribution in [3.05, 3.63) is 34.9 Å². The first-order valence-electron chi connectivity index (χ1n) is 8.72. The van der Waals surface area contributed by atoms with E-state index in [1.807, 2.05) is 12.1 Å². The molecule has 3 fully saturated rings. The van der Waals surface area contributed by atoms with Gasteiger partial charge in [-0.2, -0.15) is 0 Å². The molecule has 4 rings (SSSR count). The van der Waals surface area contributed by atoms with Gasteiger partial charge in [-0.15, -0.1) is 0 Å². The van der Waals surface area contributed by atoms with Gasteiger partial charge in [-0.1, -0.05) is 30.2 Å². The van der Waals surface area contributed by atoms with Crippen molar-refractivity contribution in [3.63, 3.8) is 0 Å². The molecule has 0 saturated heterocycles. The minimum atomic E-state index is 0.538.